The molecule has 3 aliphatic carbocycles. The Bertz CT molecular complexity index is 356. The molecule has 0 amide bonds. The summed E-state index contributed by atoms with van der Waals surface area (Å²) in [6.45, 7) is 9.93. The molecule has 0 aromatic heterocycles. The van der Waals surface area contributed by atoms with E-state index in [4.69, 9.17) is 4.74 Å². The Labute approximate surface area is 98.9 Å². The van der Waals surface area contributed by atoms with Gasteiger partial charge in [-0.05, 0) is 61.2 Å². The number of fused-ring (bicyclic) bond motifs is 3. The second kappa shape index (κ2) is 2.39. The maximum absolute atomic E-state index is 6.09. The minimum Gasteiger partial charge on any atom is -0.366 e. The van der Waals surface area contributed by atoms with Crippen LogP contribution in [0.1, 0.15) is 53.4 Å². The van der Waals surface area contributed by atoms with Gasteiger partial charge in [0.1, 0.15) is 0 Å². The lowest BCUT2D eigenvalue weighted by Crippen LogP contribution is -2.36. The zero-order valence-electron chi connectivity index (χ0n) is 11.0. The molecule has 6 atom stereocenters. The lowest BCUT2D eigenvalue weighted by molar-refractivity contribution is 0.0866. The molecular formula is C15H24O. The highest BCUT2D eigenvalue weighted by Crippen LogP contribution is 2.77. The third-order valence-electron chi connectivity index (χ3n) is 7.18. The van der Waals surface area contributed by atoms with Gasteiger partial charge in [-0.3, -0.25) is 0 Å². The van der Waals surface area contributed by atoms with Crippen LogP contribution < -0.4 is 0 Å². The van der Waals surface area contributed by atoms with Gasteiger partial charge in [0.2, 0.25) is 0 Å². The first-order valence-electron chi connectivity index (χ1n) is 7.09. The number of hydrogen-bond acceptors (Lipinski definition) is 1. The fourth-order valence-corrected chi connectivity index (χ4v) is 6.21. The molecule has 4 rings (SSSR count). The Morgan fingerprint density at radius 2 is 1.75 bits per heavy atom. The van der Waals surface area contributed by atoms with E-state index in [2.05, 4.69) is 27.7 Å². The van der Waals surface area contributed by atoms with Crippen LogP contribution in [0.4, 0.5) is 0 Å². The summed E-state index contributed by atoms with van der Waals surface area (Å²) in [5, 5.41) is 0. The van der Waals surface area contributed by atoms with Crippen molar-refractivity contribution in [1.29, 1.82) is 0 Å². The number of hydrogen-bond donors (Lipinski definition) is 0. The van der Waals surface area contributed by atoms with Gasteiger partial charge in [0.15, 0.2) is 0 Å². The second-order valence-electron chi connectivity index (χ2n) is 7.84. The molecule has 2 bridgehead atoms. The maximum atomic E-state index is 6.09. The van der Waals surface area contributed by atoms with Crippen molar-refractivity contribution in [3.8, 4) is 0 Å². The SMILES string of the molecule is C[C@@H]1CCC2C(C)(C)[C@H]3C[C@]21CC1OC13C. The minimum absolute atomic E-state index is 0.263. The maximum Gasteiger partial charge on any atom is 0.0954 e. The van der Waals surface area contributed by atoms with Crippen LogP contribution in [-0.4, -0.2) is 11.7 Å². The third kappa shape index (κ3) is 0.805. The van der Waals surface area contributed by atoms with E-state index in [9.17, 15) is 0 Å². The summed E-state index contributed by atoms with van der Waals surface area (Å²) in [5.41, 5.74) is 1.44. The predicted octanol–water partition coefficient (Wildman–Crippen LogP) is 3.63. The number of epoxide rings is 1. The first-order valence-corrected chi connectivity index (χ1v) is 7.09. The molecular weight excluding hydrogens is 196 g/mol. The average Bonchev–Trinajstić information content (AvgIpc) is 2.67. The first-order chi connectivity index (χ1) is 7.41. The first kappa shape index (κ1) is 9.94. The summed E-state index contributed by atoms with van der Waals surface area (Å²) in [6.07, 6.45) is 6.38. The van der Waals surface area contributed by atoms with Gasteiger partial charge in [0.25, 0.3) is 0 Å². The van der Waals surface area contributed by atoms with Crippen molar-refractivity contribution in [2.24, 2.45) is 28.6 Å². The Kier molecular flexibility index (Phi) is 1.48. The minimum atomic E-state index is 0.263. The number of ether oxygens (including phenoxy) is 1. The van der Waals surface area contributed by atoms with Gasteiger partial charge in [0, 0.05) is 0 Å². The molecule has 1 spiro atoms. The molecule has 1 aliphatic heterocycles. The zero-order chi connectivity index (χ0) is 11.3. The second-order valence-corrected chi connectivity index (χ2v) is 7.84. The molecule has 0 N–H and O–H groups in total. The van der Waals surface area contributed by atoms with Crippen molar-refractivity contribution in [3.63, 3.8) is 0 Å². The van der Waals surface area contributed by atoms with Crippen molar-refractivity contribution < 1.29 is 4.74 Å². The molecule has 4 aliphatic rings. The van der Waals surface area contributed by atoms with Crippen LogP contribution in [0, 0.1) is 28.6 Å². The smallest absolute Gasteiger partial charge is 0.0954 e. The van der Waals surface area contributed by atoms with E-state index in [1.165, 1.54) is 25.7 Å². The molecule has 1 heteroatoms. The van der Waals surface area contributed by atoms with Crippen LogP contribution in [0.3, 0.4) is 0 Å². The van der Waals surface area contributed by atoms with Crippen molar-refractivity contribution in [2.45, 2.75) is 65.1 Å². The monoisotopic (exact) mass is 220 g/mol. The Morgan fingerprint density at radius 1 is 1.00 bits per heavy atom. The molecule has 1 saturated heterocycles. The summed E-state index contributed by atoms with van der Waals surface area (Å²) in [6, 6.07) is 0. The van der Waals surface area contributed by atoms with E-state index in [1.807, 2.05) is 0 Å². The third-order valence-corrected chi connectivity index (χ3v) is 7.18. The molecule has 3 unspecified atom stereocenters. The predicted molar refractivity (Wildman–Crippen MR) is 64.1 cm³/mol. The Hall–Kier alpha value is -0.0400. The lowest BCUT2D eigenvalue weighted by atomic mass is 9.66. The molecule has 0 aromatic carbocycles. The van der Waals surface area contributed by atoms with Gasteiger partial charge >= 0.3 is 0 Å². The summed E-state index contributed by atoms with van der Waals surface area (Å²) in [4.78, 5) is 0. The molecule has 3 saturated carbocycles. The van der Waals surface area contributed by atoms with Crippen LogP contribution in [0.15, 0.2) is 0 Å². The molecule has 1 heterocycles. The Balaban J connectivity index is 1.85. The average molecular weight is 220 g/mol. The van der Waals surface area contributed by atoms with Crippen LogP contribution in [-0.2, 0) is 4.74 Å². The normalized spacial score (nSPS) is 65.2. The number of rotatable bonds is 0. The Morgan fingerprint density at radius 3 is 2.50 bits per heavy atom. The summed E-state index contributed by atoms with van der Waals surface area (Å²) in [7, 11) is 0. The molecule has 0 aromatic rings. The summed E-state index contributed by atoms with van der Waals surface area (Å²) in [5.74, 6) is 2.75. The molecule has 4 fully saturated rings. The highest BCUT2D eigenvalue weighted by Gasteiger charge is 2.76. The largest absolute Gasteiger partial charge is 0.366 e. The molecule has 0 radical (unpaired) electrons. The van der Waals surface area contributed by atoms with Gasteiger partial charge in [0.05, 0.1) is 11.7 Å². The van der Waals surface area contributed by atoms with Crippen LogP contribution in [0.25, 0.3) is 0 Å². The van der Waals surface area contributed by atoms with Gasteiger partial charge in [-0.1, -0.05) is 20.8 Å². The fraction of sp³-hybridized carbons (Fsp3) is 1.00. The van der Waals surface area contributed by atoms with Gasteiger partial charge in [-0.15, -0.1) is 0 Å². The summed E-state index contributed by atoms with van der Waals surface area (Å²) < 4.78 is 6.09. The molecule has 1 nitrogen and oxygen atoms in total. The van der Waals surface area contributed by atoms with Gasteiger partial charge in [-0.25, -0.2) is 0 Å². The van der Waals surface area contributed by atoms with Crippen LogP contribution in [0.5, 0.6) is 0 Å². The van der Waals surface area contributed by atoms with E-state index in [-0.39, 0.29) is 5.60 Å². The highest BCUT2D eigenvalue weighted by atomic mass is 16.6. The standard InChI is InChI=1S/C15H24O/c1-9-5-6-10-13(2,3)11-7-15(9,10)8-12-14(11,4)16-12/h9-12H,5-8H2,1-4H3/t9-,10?,11-,12?,14?,15-/m1/s1. The van der Waals surface area contributed by atoms with Crippen molar-refractivity contribution in [2.75, 3.05) is 0 Å². The van der Waals surface area contributed by atoms with E-state index in [1.54, 1.807) is 0 Å². The van der Waals surface area contributed by atoms with Gasteiger partial charge in [-0.2, -0.15) is 0 Å². The van der Waals surface area contributed by atoms with E-state index >= 15 is 0 Å². The van der Waals surface area contributed by atoms with E-state index in [0.717, 1.165) is 17.8 Å². The topological polar surface area (TPSA) is 12.5 Å². The van der Waals surface area contributed by atoms with Gasteiger partial charge < -0.3 is 4.74 Å². The van der Waals surface area contributed by atoms with E-state index < -0.39 is 0 Å². The molecule has 16 heavy (non-hydrogen) atoms. The van der Waals surface area contributed by atoms with Crippen molar-refractivity contribution >= 4 is 0 Å². The van der Waals surface area contributed by atoms with Crippen molar-refractivity contribution in [3.05, 3.63) is 0 Å². The van der Waals surface area contributed by atoms with Crippen LogP contribution >= 0.6 is 0 Å². The lowest BCUT2D eigenvalue weighted by Gasteiger charge is -2.37. The van der Waals surface area contributed by atoms with Crippen LogP contribution in [0.2, 0.25) is 0 Å². The zero-order valence-corrected chi connectivity index (χ0v) is 11.0. The molecule has 90 valence electrons. The fourth-order valence-electron chi connectivity index (χ4n) is 6.21. The van der Waals surface area contributed by atoms with Crippen molar-refractivity contribution in [1.82, 2.24) is 0 Å². The quantitative estimate of drug-likeness (QED) is 0.568. The van der Waals surface area contributed by atoms with E-state index in [0.29, 0.717) is 16.9 Å². The highest BCUT2D eigenvalue weighted by molar-refractivity contribution is 5.24. The summed E-state index contributed by atoms with van der Waals surface area (Å²) >= 11 is 0.